The first kappa shape index (κ1) is 19.6. The smallest absolute Gasteiger partial charge is 0.309 e. The second-order valence-corrected chi connectivity index (χ2v) is 8.69. The summed E-state index contributed by atoms with van der Waals surface area (Å²) in [6.07, 6.45) is 4.11. The molecule has 0 bridgehead atoms. The average Bonchev–Trinajstić information content (AvgIpc) is 3.04. The molecule has 3 rings (SSSR count). The number of nitrogens with two attached hydrogens (primary N) is 1. The summed E-state index contributed by atoms with van der Waals surface area (Å²) in [6, 6.07) is 5.58. The highest BCUT2D eigenvalue weighted by Crippen LogP contribution is 2.40. The zero-order valence-electron chi connectivity index (χ0n) is 15.4. The van der Waals surface area contributed by atoms with E-state index in [-0.39, 0.29) is 40.4 Å². The lowest BCUT2D eigenvalue weighted by Crippen LogP contribution is -2.37. The number of amides is 1. The highest BCUT2D eigenvalue weighted by Gasteiger charge is 2.46. The molecule has 146 valence electrons. The zero-order valence-corrected chi connectivity index (χ0v) is 16.2. The molecule has 1 saturated heterocycles. The van der Waals surface area contributed by atoms with Crippen molar-refractivity contribution in [2.24, 2.45) is 28.8 Å². The van der Waals surface area contributed by atoms with E-state index in [2.05, 4.69) is 6.08 Å². The first-order chi connectivity index (χ1) is 12.7. The summed E-state index contributed by atoms with van der Waals surface area (Å²) in [7, 11) is -3.80. The second kappa shape index (κ2) is 7.44. The van der Waals surface area contributed by atoms with E-state index >= 15 is 0 Å². The Morgan fingerprint density at radius 2 is 1.85 bits per heavy atom. The standard InChI is InChI=1S/C19H24N2O5S/c1-3-26-19(23)17-12(2)4-5-14-10-21(11-16(14)17)18(22)13-6-8-15(9-7-13)27(20,24)25/h4-9,12,14,16-17H,3,10-11H2,1-2H3,(H2,20,24,25)/t12-,14-,16-,17-/m0/s1. The van der Waals surface area contributed by atoms with Gasteiger partial charge in [0, 0.05) is 18.7 Å². The molecule has 1 heterocycles. The van der Waals surface area contributed by atoms with Gasteiger partial charge in [-0.2, -0.15) is 0 Å². The summed E-state index contributed by atoms with van der Waals surface area (Å²) >= 11 is 0. The maximum atomic E-state index is 12.8. The predicted octanol–water partition coefficient (Wildman–Crippen LogP) is 1.41. The van der Waals surface area contributed by atoms with Gasteiger partial charge < -0.3 is 9.64 Å². The number of carbonyl (C=O) groups is 2. The van der Waals surface area contributed by atoms with Crippen LogP contribution in [0.3, 0.4) is 0 Å². The molecule has 0 radical (unpaired) electrons. The summed E-state index contributed by atoms with van der Waals surface area (Å²) < 4.78 is 28.0. The minimum atomic E-state index is -3.80. The van der Waals surface area contributed by atoms with E-state index in [4.69, 9.17) is 9.88 Å². The lowest BCUT2D eigenvalue weighted by atomic mass is 9.72. The van der Waals surface area contributed by atoms with Crippen LogP contribution in [-0.2, 0) is 19.6 Å². The summed E-state index contributed by atoms with van der Waals surface area (Å²) in [5, 5.41) is 5.09. The number of ether oxygens (including phenoxy) is 1. The number of hydrogen-bond donors (Lipinski definition) is 1. The van der Waals surface area contributed by atoms with E-state index in [1.165, 1.54) is 24.3 Å². The van der Waals surface area contributed by atoms with Crippen molar-refractivity contribution < 1.29 is 22.7 Å². The van der Waals surface area contributed by atoms with Crippen molar-refractivity contribution in [2.75, 3.05) is 19.7 Å². The fourth-order valence-electron chi connectivity index (χ4n) is 4.03. The topological polar surface area (TPSA) is 107 Å². The van der Waals surface area contributed by atoms with Gasteiger partial charge in [-0.25, -0.2) is 13.6 Å². The SMILES string of the molecule is CCOC(=O)[C@@H]1[C@H]2CN(C(=O)c3ccc(S(N)(=O)=O)cc3)C[C@@H]2C=C[C@@H]1C. The van der Waals surface area contributed by atoms with Crippen LogP contribution in [0.15, 0.2) is 41.3 Å². The van der Waals surface area contributed by atoms with Crippen LogP contribution in [0.4, 0.5) is 0 Å². The fraction of sp³-hybridized carbons (Fsp3) is 0.474. The van der Waals surface area contributed by atoms with Gasteiger partial charge in [0.2, 0.25) is 10.0 Å². The number of benzene rings is 1. The Labute approximate surface area is 159 Å². The van der Waals surface area contributed by atoms with Crippen molar-refractivity contribution in [2.45, 2.75) is 18.7 Å². The van der Waals surface area contributed by atoms with Gasteiger partial charge in [-0.1, -0.05) is 19.1 Å². The van der Waals surface area contributed by atoms with Gasteiger partial charge in [0.25, 0.3) is 5.91 Å². The molecular formula is C19H24N2O5S. The molecule has 2 aliphatic rings. The molecule has 0 spiro atoms. The molecule has 7 nitrogen and oxygen atoms in total. The van der Waals surface area contributed by atoms with Crippen LogP contribution in [0.2, 0.25) is 0 Å². The molecule has 1 aliphatic carbocycles. The van der Waals surface area contributed by atoms with E-state index in [1.54, 1.807) is 11.8 Å². The van der Waals surface area contributed by atoms with Crippen molar-refractivity contribution in [3.63, 3.8) is 0 Å². The largest absolute Gasteiger partial charge is 0.466 e. The Balaban J connectivity index is 1.77. The maximum absolute atomic E-state index is 12.8. The molecule has 0 unspecified atom stereocenters. The minimum Gasteiger partial charge on any atom is -0.466 e. The van der Waals surface area contributed by atoms with Crippen LogP contribution in [-0.4, -0.2) is 44.9 Å². The fourth-order valence-corrected chi connectivity index (χ4v) is 4.54. The molecule has 1 aliphatic heterocycles. The number of likely N-dealkylation sites (tertiary alicyclic amines) is 1. The van der Waals surface area contributed by atoms with E-state index < -0.39 is 10.0 Å². The quantitative estimate of drug-likeness (QED) is 0.616. The van der Waals surface area contributed by atoms with Crippen LogP contribution in [0.5, 0.6) is 0 Å². The summed E-state index contributed by atoms with van der Waals surface area (Å²) in [5.41, 5.74) is 0.394. The number of allylic oxidation sites excluding steroid dienone is 1. The first-order valence-electron chi connectivity index (χ1n) is 8.99. The van der Waals surface area contributed by atoms with Crippen LogP contribution < -0.4 is 5.14 Å². The van der Waals surface area contributed by atoms with Gasteiger partial charge in [-0.05, 0) is 48.9 Å². The molecule has 27 heavy (non-hydrogen) atoms. The number of rotatable bonds is 4. The normalized spacial score (nSPS) is 27.3. The summed E-state index contributed by atoms with van der Waals surface area (Å²) in [6.45, 7) is 5.11. The van der Waals surface area contributed by atoms with Crippen molar-refractivity contribution in [1.29, 1.82) is 0 Å². The number of nitrogens with zero attached hydrogens (tertiary/aromatic N) is 1. The highest BCUT2D eigenvalue weighted by molar-refractivity contribution is 7.89. The van der Waals surface area contributed by atoms with Crippen LogP contribution in [0.25, 0.3) is 0 Å². The minimum absolute atomic E-state index is 0.0247. The van der Waals surface area contributed by atoms with Crippen LogP contribution >= 0.6 is 0 Å². The Morgan fingerprint density at radius 3 is 2.44 bits per heavy atom. The lowest BCUT2D eigenvalue weighted by Gasteiger charge is -2.31. The van der Waals surface area contributed by atoms with E-state index in [0.29, 0.717) is 25.3 Å². The number of fused-ring (bicyclic) bond motifs is 1. The summed E-state index contributed by atoms with van der Waals surface area (Å²) in [5.74, 6) is -0.456. The van der Waals surface area contributed by atoms with Gasteiger partial charge in [-0.3, -0.25) is 9.59 Å². The van der Waals surface area contributed by atoms with Crippen molar-refractivity contribution in [3.05, 3.63) is 42.0 Å². The van der Waals surface area contributed by atoms with Crippen molar-refractivity contribution >= 4 is 21.9 Å². The average molecular weight is 392 g/mol. The maximum Gasteiger partial charge on any atom is 0.309 e. The highest BCUT2D eigenvalue weighted by atomic mass is 32.2. The van der Waals surface area contributed by atoms with Gasteiger partial charge in [-0.15, -0.1) is 0 Å². The third-order valence-corrected chi connectivity index (χ3v) is 6.31. The Morgan fingerprint density at radius 1 is 1.19 bits per heavy atom. The zero-order chi connectivity index (χ0) is 19.8. The number of esters is 1. The monoisotopic (exact) mass is 392 g/mol. The molecule has 1 aromatic rings. The first-order valence-corrected chi connectivity index (χ1v) is 10.5. The van der Waals surface area contributed by atoms with Crippen molar-refractivity contribution in [3.8, 4) is 0 Å². The molecule has 1 amide bonds. The van der Waals surface area contributed by atoms with Crippen LogP contribution in [0, 0.1) is 23.7 Å². The Hall–Kier alpha value is -2.19. The molecule has 8 heteroatoms. The number of carbonyl (C=O) groups excluding carboxylic acids is 2. The predicted molar refractivity (Wildman–Crippen MR) is 99.1 cm³/mol. The van der Waals surface area contributed by atoms with Crippen molar-refractivity contribution in [1.82, 2.24) is 4.90 Å². The van der Waals surface area contributed by atoms with Gasteiger partial charge in [0.05, 0.1) is 17.4 Å². The molecule has 1 fully saturated rings. The van der Waals surface area contributed by atoms with Gasteiger partial charge >= 0.3 is 5.97 Å². The third kappa shape index (κ3) is 3.91. The van der Waals surface area contributed by atoms with Crippen LogP contribution in [0.1, 0.15) is 24.2 Å². The number of sulfonamides is 1. The van der Waals surface area contributed by atoms with E-state index in [9.17, 15) is 18.0 Å². The Bertz CT molecular complexity index is 863. The molecule has 1 aromatic carbocycles. The molecule has 4 atom stereocenters. The van der Waals surface area contributed by atoms with E-state index in [1.807, 2.05) is 13.0 Å². The third-order valence-electron chi connectivity index (χ3n) is 5.38. The number of hydrogen-bond acceptors (Lipinski definition) is 5. The number of primary sulfonamides is 1. The molecule has 2 N–H and O–H groups in total. The molecular weight excluding hydrogens is 368 g/mol. The van der Waals surface area contributed by atoms with E-state index in [0.717, 1.165) is 0 Å². The lowest BCUT2D eigenvalue weighted by molar-refractivity contribution is -0.152. The molecule has 0 aromatic heterocycles. The second-order valence-electron chi connectivity index (χ2n) is 7.13. The Kier molecular flexibility index (Phi) is 5.39. The summed E-state index contributed by atoms with van der Waals surface area (Å²) in [4.78, 5) is 26.9. The van der Waals surface area contributed by atoms with Gasteiger partial charge in [0.1, 0.15) is 0 Å². The van der Waals surface area contributed by atoms with Gasteiger partial charge in [0.15, 0.2) is 0 Å². The molecule has 0 saturated carbocycles.